The summed E-state index contributed by atoms with van der Waals surface area (Å²) in [5.74, 6) is 0. The Balaban J connectivity index is 1.99. The molecule has 1 unspecified atom stereocenters. The van der Waals surface area contributed by atoms with Gasteiger partial charge >= 0.3 is 6.03 Å². The molecule has 0 aliphatic carbocycles. The zero-order chi connectivity index (χ0) is 17.5. The van der Waals surface area contributed by atoms with E-state index in [1.54, 1.807) is 0 Å². The molecular formula is C16H16ClN3O4. The Bertz CT molecular complexity index is 725. The number of nitrogens with one attached hydrogen (secondary N) is 2. The lowest BCUT2D eigenvalue weighted by molar-refractivity contribution is -0.384. The Labute approximate surface area is 143 Å². The zero-order valence-corrected chi connectivity index (χ0v) is 13.4. The van der Waals surface area contributed by atoms with Gasteiger partial charge in [0.2, 0.25) is 0 Å². The van der Waals surface area contributed by atoms with E-state index in [0.717, 1.165) is 5.56 Å². The van der Waals surface area contributed by atoms with Crippen molar-refractivity contribution < 1.29 is 14.8 Å². The van der Waals surface area contributed by atoms with Crippen LogP contribution in [-0.4, -0.2) is 28.7 Å². The molecule has 2 aromatic carbocycles. The molecule has 2 aromatic rings. The van der Waals surface area contributed by atoms with Gasteiger partial charge in [0.05, 0.1) is 17.6 Å². The maximum absolute atomic E-state index is 12.0. The minimum atomic E-state index is -0.628. The Morgan fingerprint density at radius 1 is 1.25 bits per heavy atom. The molecule has 126 valence electrons. The molecule has 0 spiro atoms. The van der Waals surface area contributed by atoms with Crippen LogP contribution in [0.4, 0.5) is 16.2 Å². The molecule has 2 rings (SSSR count). The second kappa shape index (κ2) is 8.28. The lowest BCUT2D eigenvalue weighted by atomic mass is 10.1. The molecule has 1 atom stereocenters. The van der Waals surface area contributed by atoms with Gasteiger partial charge in [-0.1, -0.05) is 41.9 Å². The fourth-order valence-corrected chi connectivity index (χ4v) is 2.33. The Hall–Kier alpha value is -2.64. The van der Waals surface area contributed by atoms with Gasteiger partial charge in [-0.2, -0.15) is 0 Å². The van der Waals surface area contributed by atoms with Crippen LogP contribution in [0.2, 0.25) is 5.02 Å². The lowest BCUT2D eigenvalue weighted by Crippen LogP contribution is -2.41. The quantitative estimate of drug-likeness (QED) is 0.550. The minimum Gasteiger partial charge on any atom is -0.394 e. The van der Waals surface area contributed by atoms with Crippen LogP contribution in [-0.2, 0) is 6.42 Å². The molecular weight excluding hydrogens is 334 g/mol. The number of nitro groups is 1. The number of nitrogens with zero attached hydrogens (tertiary/aromatic N) is 1. The molecule has 0 saturated heterocycles. The number of anilines is 1. The van der Waals surface area contributed by atoms with Gasteiger partial charge in [-0.15, -0.1) is 0 Å². The van der Waals surface area contributed by atoms with Crippen molar-refractivity contribution >= 4 is 29.0 Å². The van der Waals surface area contributed by atoms with Crippen molar-refractivity contribution in [3.05, 3.63) is 69.2 Å². The van der Waals surface area contributed by atoms with Crippen LogP contribution in [0.25, 0.3) is 0 Å². The predicted octanol–water partition coefficient (Wildman–Crippen LogP) is 2.97. The summed E-state index contributed by atoms with van der Waals surface area (Å²) in [6.45, 7) is -0.233. The van der Waals surface area contributed by atoms with Gasteiger partial charge in [-0.05, 0) is 24.1 Å². The number of aliphatic hydroxyl groups excluding tert-OH is 1. The first-order valence-electron chi connectivity index (χ1n) is 7.16. The average molecular weight is 350 g/mol. The smallest absolute Gasteiger partial charge is 0.319 e. The van der Waals surface area contributed by atoms with Crippen LogP contribution >= 0.6 is 11.6 Å². The largest absolute Gasteiger partial charge is 0.394 e. The highest BCUT2D eigenvalue weighted by molar-refractivity contribution is 6.32. The summed E-state index contributed by atoms with van der Waals surface area (Å²) < 4.78 is 0. The van der Waals surface area contributed by atoms with E-state index in [0.29, 0.717) is 6.42 Å². The SMILES string of the molecule is O=C(Nc1ccc(Cl)c([N+](=O)[O-])c1)NC(CO)Cc1ccccc1. The molecule has 0 radical (unpaired) electrons. The van der Waals surface area contributed by atoms with Gasteiger partial charge in [0.25, 0.3) is 5.69 Å². The molecule has 2 amide bonds. The van der Waals surface area contributed by atoms with Gasteiger partial charge < -0.3 is 15.7 Å². The van der Waals surface area contributed by atoms with E-state index in [4.69, 9.17) is 11.6 Å². The monoisotopic (exact) mass is 349 g/mol. The maximum atomic E-state index is 12.0. The number of hydrogen-bond acceptors (Lipinski definition) is 4. The second-order valence-corrected chi connectivity index (χ2v) is 5.50. The average Bonchev–Trinajstić information content (AvgIpc) is 2.56. The van der Waals surface area contributed by atoms with Crippen LogP contribution in [0.15, 0.2) is 48.5 Å². The summed E-state index contributed by atoms with van der Waals surface area (Å²) in [5.41, 5.74) is 0.913. The maximum Gasteiger partial charge on any atom is 0.319 e. The van der Waals surface area contributed by atoms with Gasteiger partial charge in [-0.25, -0.2) is 4.79 Å². The summed E-state index contributed by atoms with van der Waals surface area (Å²) in [6.07, 6.45) is 0.464. The number of rotatable bonds is 6. The highest BCUT2D eigenvalue weighted by atomic mass is 35.5. The molecule has 0 fully saturated rings. The third kappa shape index (κ3) is 4.94. The van der Waals surface area contributed by atoms with Gasteiger partial charge in [0.15, 0.2) is 0 Å². The number of nitro benzene ring substituents is 1. The Kier molecular flexibility index (Phi) is 6.11. The van der Waals surface area contributed by atoms with E-state index in [-0.39, 0.29) is 23.0 Å². The van der Waals surface area contributed by atoms with Crippen molar-refractivity contribution in [3.8, 4) is 0 Å². The number of halogens is 1. The highest BCUT2D eigenvalue weighted by Crippen LogP contribution is 2.27. The highest BCUT2D eigenvalue weighted by Gasteiger charge is 2.16. The summed E-state index contributed by atoms with van der Waals surface area (Å²) in [4.78, 5) is 22.2. The van der Waals surface area contributed by atoms with Crippen LogP contribution in [0.3, 0.4) is 0 Å². The van der Waals surface area contributed by atoms with Crippen LogP contribution in [0, 0.1) is 10.1 Å². The fraction of sp³-hybridized carbons (Fsp3) is 0.188. The first-order chi connectivity index (χ1) is 11.5. The molecule has 0 aliphatic heterocycles. The molecule has 0 aliphatic rings. The molecule has 7 nitrogen and oxygen atoms in total. The standard InChI is InChI=1S/C16H16ClN3O4/c17-14-7-6-12(9-15(14)20(23)24)18-16(22)19-13(10-21)8-11-4-2-1-3-5-11/h1-7,9,13,21H,8,10H2,(H2,18,19,22). The van der Waals surface area contributed by atoms with Crippen molar-refractivity contribution in [1.82, 2.24) is 5.32 Å². The molecule has 24 heavy (non-hydrogen) atoms. The Morgan fingerprint density at radius 3 is 2.58 bits per heavy atom. The summed E-state index contributed by atoms with van der Waals surface area (Å²) in [5, 5.41) is 25.4. The summed E-state index contributed by atoms with van der Waals surface area (Å²) >= 11 is 5.72. The molecule has 3 N–H and O–H groups in total. The van der Waals surface area contributed by atoms with Crippen molar-refractivity contribution in [2.75, 3.05) is 11.9 Å². The van der Waals surface area contributed by atoms with Crippen molar-refractivity contribution in [2.45, 2.75) is 12.5 Å². The van der Waals surface area contributed by atoms with E-state index in [9.17, 15) is 20.0 Å². The van der Waals surface area contributed by atoms with Gasteiger partial charge in [-0.3, -0.25) is 10.1 Å². The van der Waals surface area contributed by atoms with E-state index in [1.807, 2.05) is 30.3 Å². The van der Waals surface area contributed by atoms with Crippen LogP contribution in [0.5, 0.6) is 0 Å². The molecule has 0 heterocycles. The molecule has 0 bridgehead atoms. The minimum absolute atomic E-state index is 0.0109. The number of carbonyl (C=O) groups excluding carboxylic acids is 1. The number of amides is 2. The Morgan fingerprint density at radius 2 is 1.96 bits per heavy atom. The number of hydrogen-bond donors (Lipinski definition) is 3. The zero-order valence-electron chi connectivity index (χ0n) is 12.6. The van der Waals surface area contributed by atoms with E-state index in [1.165, 1.54) is 18.2 Å². The van der Waals surface area contributed by atoms with Crippen molar-refractivity contribution in [1.29, 1.82) is 0 Å². The second-order valence-electron chi connectivity index (χ2n) is 5.09. The lowest BCUT2D eigenvalue weighted by Gasteiger charge is -2.17. The number of carbonyl (C=O) groups is 1. The van der Waals surface area contributed by atoms with E-state index in [2.05, 4.69) is 10.6 Å². The van der Waals surface area contributed by atoms with Crippen molar-refractivity contribution in [3.63, 3.8) is 0 Å². The van der Waals surface area contributed by atoms with E-state index >= 15 is 0 Å². The van der Waals surface area contributed by atoms with Gasteiger partial charge in [0, 0.05) is 11.8 Å². The van der Waals surface area contributed by atoms with Crippen LogP contribution in [0.1, 0.15) is 5.56 Å². The summed E-state index contributed by atoms with van der Waals surface area (Å²) in [7, 11) is 0. The fourth-order valence-electron chi connectivity index (χ4n) is 2.14. The topological polar surface area (TPSA) is 104 Å². The van der Waals surface area contributed by atoms with Crippen LogP contribution < -0.4 is 10.6 Å². The normalized spacial score (nSPS) is 11.6. The number of benzene rings is 2. The first kappa shape index (κ1) is 17.7. The van der Waals surface area contributed by atoms with E-state index < -0.39 is 17.0 Å². The van der Waals surface area contributed by atoms with Gasteiger partial charge in [0.1, 0.15) is 5.02 Å². The molecule has 8 heteroatoms. The number of aliphatic hydroxyl groups is 1. The third-order valence-corrected chi connectivity index (χ3v) is 3.60. The first-order valence-corrected chi connectivity index (χ1v) is 7.53. The van der Waals surface area contributed by atoms with Crippen molar-refractivity contribution in [2.24, 2.45) is 0 Å². The third-order valence-electron chi connectivity index (χ3n) is 3.28. The number of urea groups is 1. The molecule has 0 saturated carbocycles. The summed E-state index contributed by atoms with van der Waals surface area (Å²) in [6, 6.07) is 12.3. The molecule has 0 aromatic heterocycles. The predicted molar refractivity (Wildman–Crippen MR) is 91.3 cm³/mol.